The van der Waals surface area contributed by atoms with Crippen LogP contribution in [-0.4, -0.2) is 13.1 Å². The number of hydrogen-bond donors (Lipinski definition) is 0. The number of esters is 1. The molecule has 19 heavy (non-hydrogen) atoms. The molecule has 1 aromatic rings. The lowest BCUT2D eigenvalue weighted by Crippen LogP contribution is -2.16. The first-order chi connectivity index (χ1) is 8.83. The lowest BCUT2D eigenvalue weighted by molar-refractivity contribution is -0.141. The van der Waals surface area contributed by atoms with Gasteiger partial charge in [0.25, 0.3) is 0 Å². The number of carbonyl (C=O) groups is 1. The van der Waals surface area contributed by atoms with E-state index in [0.717, 1.165) is 19.2 Å². The van der Waals surface area contributed by atoms with E-state index in [1.165, 1.54) is 6.07 Å². The van der Waals surface area contributed by atoms with Gasteiger partial charge in [-0.05, 0) is 17.2 Å². The molecule has 0 saturated carbocycles. The molecule has 0 unspecified atom stereocenters. The summed E-state index contributed by atoms with van der Waals surface area (Å²) < 4.78 is 43.2. The van der Waals surface area contributed by atoms with Crippen molar-refractivity contribution in [3.8, 4) is 6.07 Å². The fraction of sp³-hybridized carbons (Fsp3) is 0.333. The Morgan fingerprint density at radius 2 is 2.11 bits per heavy atom. The first-order valence-electron chi connectivity index (χ1n) is 5.09. The second-order valence-corrected chi connectivity index (χ2v) is 3.94. The summed E-state index contributed by atoms with van der Waals surface area (Å²) >= 11 is 5.56. The minimum Gasteiger partial charge on any atom is -0.469 e. The Balaban J connectivity index is 3.47. The van der Waals surface area contributed by atoms with Crippen molar-refractivity contribution in [2.24, 2.45) is 0 Å². The van der Waals surface area contributed by atoms with E-state index in [1.54, 1.807) is 0 Å². The van der Waals surface area contributed by atoms with Crippen LogP contribution >= 0.6 is 11.6 Å². The zero-order valence-corrected chi connectivity index (χ0v) is 10.6. The summed E-state index contributed by atoms with van der Waals surface area (Å²) in [6, 6.07) is 3.70. The maximum Gasteiger partial charge on any atom is 0.417 e. The number of alkyl halides is 4. The Hall–Kier alpha value is -1.74. The molecule has 0 bridgehead atoms. The second-order valence-electron chi connectivity index (χ2n) is 3.67. The SMILES string of the molecule is COC(=O)Cc1cc(CCl)cc(C#N)c1C(F)(F)F. The molecule has 1 rings (SSSR count). The lowest BCUT2D eigenvalue weighted by Gasteiger charge is -2.15. The number of nitriles is 1. The quantitative estimate of drug-likeness (QED) is 0.635. The van der Waals surface area contributed by atoms with Gasteiger partial charge in [0.1, 0.15) is 0 Å². The van der Waals surface area contributed by atoms with Crippen molar-refractivity contribution in [1.82, 2.24) is 0 Å². The van der Waals surface area contributed by atoms with E-state index in [9.17, 15) is 18.0 Å². The van der Waals surface area contributed by atoms with E-state index in [2.05, 4.69) is 4.74 Å². The molecular formula is C12H9ClF3NO2. The van der Waals surface area contributed by atoms with Gasteiger partial charge < -0.3 is 4.74 Å². The molecule has 7 heteroatoms. The van der Waals surface area contributed by atoms with Crippen LogP contribution in [0.3, 0.4) is 0 Å². The third-order valence-corrected chi connectivity index (χ3v) is 2.71. The zero-order chi connectivity index (χ0) is 14.6. The Morgan fingerprint density at radius 3 is 2.53 bits per heavy atom. The highest BCUT2D eigenvalue weighted by Crippen LogP contribution is 2.36. The van der Waals surface area contributed by atoms with Gasteiger partial charge >= 0.3 is 12.1 Å². The Bertz CT molecular complexity index is 535. The van der Waals surface area contributed by atoms with E-state index in [4.69, 9.17) is 16.9 Å². The topological polar surface area (TPSA) is 50.1 Å². The maximum absolute atomic E-state index is 12.9. The molecule has 0 aromatic heterocycles. The molecule has 0 heterocycles. The molecule has 0 N–H and O–H groups in total. The van der Waals surface area contributed by atoms with Gasteiger partial charge in [-0.15, -0.1) is 11.6 Å². The van der Waals surface area contributed by atoms with Crippen LogP contribution in [0.5, 0.6) is 0 Å². The fourth-order valence-electron chi connectivity index (χ4n) is 1.64. The van der Waals surface area contributed by atoms with Crippen LogP contribution in [0.4, 0.5) is 13.2 Å². The van der Waals surface area contributed by atoms with E-state index < -0.39 is 29.7 Å². The minimum atomic E-state index is -4.72. The van der Waals surface area contributed by atoms with Crippen LogP contribution < -0.4 is 0 Å². The summed E-state index contributed by atoms with van der Waals surface area (Å²) in [6.45, 7) is 0. The van der Waals surface area contributed by atoms with Gasteiger partial charge in [-0.25, -0.2) is 0 Å². The van der Waals surface area contributed by atoms with Gasteiger partial charge in [0.2, 0.25) is 0 Å². The van der Waals surface area contributed by atoms with E-state index >= 15 is 0 Å². The standard InChI is InChI=1S/C12H9ClF3NO2/c1-19-10(18)4-8-2-7(5-13)3-9(6-17)11(8)12(14,15)16/h2-3H,4-5H2,1H3. The number of halogens is 4. The molecule has 102 valence electrons. The molecule has 0 amide bonds. The number of nitrogens with zero attached hydrogens (tertiary/aromatic N) is 1. The molecule has 0 radical (unpaired) electrons. The van der Waals surface area contributed by atoms with Crippen molar-refractivity contribution in [1.29, 1.82) is 5.26 Å². The predicted octanol–water partition coefficient (Wildman–Crippen LogP) is 3.03. The lowest BCUT2D eigenvalue weighted by atomic mass is 9.96. The molecule has 0 saturated heterocycles. The summed E-state index contributed by atoms with van der Waals surface area (Å²) in [6.07, 6.45) is -5.29. The molecule has 0 atom stereocenters. The number of hydrogen-bond acceptors (Lipinski definition) is 3. The highest BCUT2D eigenvalue weighted by molar-refractivity contribution is 6.17. The third kappa shape index (κ3) is 3.61. The van der Waals surface area contributed by atoms with Gasteiger partial charge in [-0.3, -0.25) is 4.79 Å². The molecule has 0 fully saturated rings. The van der Waals surface area contributed by atoms with Gasteiger partial charge in [0, 0.05) is 5.88 Å². The third-order valence-electron chi connectivity index (χ3n) is 2.40. The number of benzene rings is 1. The summed E-state index contributed by atoms with van der Waals surface area (Å²) in [5.74, 6) is -0.873. The van der Waals surface area contributed by atoms with Gasteiger partial charge in [-0.1, -0.05) is 6.07 Å². The number of carbonyl (C=O) groups excluding carboxylic acids is 1. The predicted molar refractivity (Wildman–Crippen MR) is 61.4 cm³/mol. The van der Waals surface area contributed by atoms with E-state index in [0.29, 0.717) is 5.56 Å². The summed E-state index contributed by atoms with van der Waals surface area (Å²) in [5, 5.41) is 8.81. The van der Waals surface area contributed by atoms with Crippen molar-refractivity contribution < 1.29 is 22.7 Å². The van der Waals surface area contributed by atoms with Crippen LogP contribution in [0.15, 0.2) is 12.1 Å². The van der Waals surface area contributed by atoms with Crippen molar-refractivity contribution in [3.63, 3.8) is 0 Å². The Kier molecular flexibility index (Phi) is 4.78. The van der Waals surface area contributed by atoms with Gasteiger partial charge in [-0.2, -0.15) is 18.4 Å². The highest BCUT2D eigenvalue weighted by Gasteiger charge is 2.37. The maximum atomic E-state index is 12.9. The second kappa shape index (κ2) is 5.93. The Morgan fingerprint density at radius 1 is 1.47 bits per heavy atom. The summed E-state index contributed by atoms with van der Waals surface area (Å²) in [7, 11) is 1.08. The van der Waals surface area contributed by atoms with Crippen LogP contribution in [0.2, 0.25) is 0 Å². The molecule has 0 aliphatic heterocycles. The van der Waals surface area contributed by atoms with Crippen molar-refractivity contribution in [2.75, 3.05) is 7.11 Å². The average Bonchev–Trinajstić information content (AvgIpc) is 2.35. The number of ether oxygens (including phenoxy) is 1. The number of methoxy groups -OCH3 is 1. The van der Waals surface area contributed by atoms with E-state index in [1.807, 2.05) is 0 Å². The monoisotopic (exact) mass is 291 g/mol. The molecular weight excluding hydrogens is 283 g/mol. The van der Waals surface area contributed by atoms with Crippen molar-refractivity contribution in [3.05, 3.63) is 34.4 Å². The largest absolute Gasteiger partial charge is 0.469 e. The molecule has 3 nitrogen and oxygen atoms in total. The van der Waals surface area contributed by atoms with Gasteiger partial charge in [0.05, 0.1) is 30.7 Å². The highest BCUT2D eigenvalue weighted by atomic mass is 35.5. The first kappa shape index (κ1) is 15.3. The zero-order valence-electron chi connectivity index (χ0n) is 9.84. The normalized spacial score (nSPS) is 10.9. The van der Waals surface area contributed by atoms with Crippen LogP contribution in [0.25, 0.3) is 0 Å². The average molecular weight is 292 g/mol. The van der Waals surface area contributed by atoms with Crippen LogP contribution in [0.1, 0.15) is 22.3 Å². The fourth-order valence-corrected chi connectivity index (χ4v) is 1.79. The summed E-state index contributed by atoms with van der Waals surface area (Å²) in [4.78, 5) is 11.2. The Labute approximate surface area is 112 Å². The molecule has 0 spiro atoms. The minimum absolute atomic E-state index is 0.0546. The molecule has 0 aliphatic rings. The van der Waals surface area contributed by atoms with Crippen molar-refractivity contribution in [2.45, 2.75) is 18.5 Å². The molecule has 1 aromatic carbocycles. The first-order valence-corrected chi connectivity index (χ1v) is 5.62. The summed E-state index contributed by atoms with van der Waals surface area (Å²) in [5.41, 5.74) is -1.64. The van der Waals surface area contributed by atoms with Crippen LogP contribution in [-0.2, 0) is 28.0 Å². The van der Waals surface area contributed by atoms with E-state index in [-0.39, 0.29) is 11.4 Å². The van der Waals surface area contributed by atoms with Gasteiger partial charge in [0.15, 0.2) is 0 Å². The molecule has 0 aliphatic carbocycles. The smallest absolute Gasteiger partial charge is 0.417 e. The number of rotatable bonds is 3. The van der Waals surface area contributed by atoms with Crippen molar-refractivity contribution >= 4 is 17.6 Å². The van der Waals surface area contributed by atoms with Crippen LogP contribution in [0, 0.1) is 11.3 Å².